The van der Waals surface area contributed by atoms with Gasteiger partial charge in [0.05, 0.1) is 16.7 Å². The summed E-state index contributed by atoms with van der Waals surface area (Å²) in [4.78, 5) is 4.24. The van der Waals surface area contributed by atoms with Crippen molar-refractivity contribution in [3.63, 3.8) is 0 Å². The van der Waals surface area contributed by atoms with Gasteiger partial charge in [-0.05, 0) is 32.4 Å². The van der Waals surface area contributed by atoms with Gasteiger partial charge in [-0.2, -0.15) is 0 Å². The van der Waals surface area contributed by atoms with E-state index in [9.17, 15) is 8.42 Å². The highest BCUT2D eigenvalue weighted by Crippen LogP contribution is 2.03. The molecule has 0 aliphatic rings. The Bertz CT molecular complexity index is 455. The van der Waals surface area contributed by atoms with E-state index in [2.05, 4.69) is 10.3 Å². The molecular weight excluding hydrogens is 236 g/mol. The largest absolute Gasteiger partial charge is 0.310 e. The highest BCUT2D eigenvalue weighted by Gasteiger charge is 2.14. The average Bonchev–Trinajstić information content (AvgIpc) is 2.26. The molecule has 0 saturated heterocycles. The summed E-state index contributed by atoms with van der Waals surface area (Å²) >= 11 is 0. The molecule has 0 aromatic carbocycles. The highest BCUT2D eigenvalue weighted by atomic mass is 32.2. The summed E-state index contributed by atoms with van der Waals surface area (Å²) in [5.41, 5.74) is 2.08. The highest BCUT2D eigenvalue weighted by molar-refractivity contribution is 7.92. The first-order valence-corrected chi connectivity index (χ1v) is 7.48. The molecule has 0 amide bonds. The Morgan fingerprint density at radius 1 is 1.41 bits per heavy atom. The molecule has 96 valence electrons. The molecule has 1 aromatic rings. The van der Waals surface area contributed by atoms with Crippen molar-refractivity contribution in [1.29, 1.82) is 0 Å². The van der Waals surface area contributed by atoms with Gasteiger partial charge >= 0.3 is 0 Å². The summed E-state index contributed by atoms with van der Waals surface area (Å²) < 4.78 is 23.1. The lowest BCUT2D eigenvalue weighted by atomic mass is 10.2. The van der Waals surface area contributed by atoms with Crippen molar-refractivity contribution in [2.24, 2.45) is 0 Å². The summed E-state index contributed by atoms with van der Waals surface area (Å²) in [5.74, 6) is 0.177. The fourth-order valence-electron chi connectivity index (χ4n) is 1.36. The SMILES string of the molecule is Cc1cccnc1CNCCS(=O)(=O)C(C)C. The molecule has 1 rings (SSSR count). The number of rotatable bonds is 6. The quantitative estimate of drug-likeness (QED) is 0.780. The fourth-order valence-corrected chi connectivity index (χ4v) is 2.26. The van der Waals surface area contributed by atoms with E-state index in [4.69, 9.17) is 0 Å². The molecule has 0 aliphatic carbocycles. The number of sulfone groups is 1. The van der Waals surface area contributed by atoms with E-state index in [1.165, 1.54) is 0 Å². The van der Waals surface area contributed by atoms with Crippen molar-refractivity contribution in [2.75, 3.05) is 12.3 Å². The third kappa shape index (κ3) is 4.44. The van der Waals surface area contributed by atoms with E-state index in [0.717, 1.165) is 11.3 Å². The van der Waals surface area contributed by atoms with Crippen LogP contribution in [0.3, 0.4) is 0 Å². The molecule has 1 N–H and O–H groups in total. The molecule has 0 bridgehead atoms. The Morgan fingerprint density at radius 2 is 2.12 bits per heavy atom. The van der Waals surface area contributed by atoms with Crippen LogP contribution in [-0.4, -0.2) is 30.9 Å². The van der Waals surface area contributed by atoms with Crippen molar-refractivity contribution < 1.29 is 8.42 Å². The number of nitrogens with one attached hydrogen (secondary N) is 1. The summed E-state index contributed by atoms with van der Waals surface area (Å²) in [7, 11) is -2.95. The van der Waals surface area contributed by atoms with Gasteiger partial charge in [-0.3, -0.25) is 4.98 Å². The Labute approximate surface area is 103 Å². The molecule has 4 nitrogen and oxygen atoms in total. The van der Waals surface area contributed by atoms with Gasteiger partial charge in [0.2, 0.25) is 0 Å². The van der Waals surface area contributed by atoms with Crippen LogP contribution in [0.4, 0.5) is 0 Å². The summed E-state index contributed by atoms with van der Waals surface area (Å²) in [6.45, 7) is 6.49. The molecule has 5 heteroatoms. The average molecular weight is 256 g/mol. The van der Waals surface area contributed by atoms with Crippen LogP contribution in [0.1, 0.15) is 25.1 Å². The first-order valence-electron chi connectivity index (χ1n) is 5.76. The van der Waals surface area contributed by atoms with E-state index in [1.807, 2.05) is 19.1 Å². The minimum Gasteiger partial charge on any atom is -0.310 e. The van der Waals surface area contributed by atoms with Crippen LogP contribution in [0.25, 0.3) is 0 Å². The molecular formula is C12H20N2O2S. The second kappa shape index (κ2) is 6.12. The first-order chi connectivity index (χ1) is 7.93. The predicted octanol–water partition coefficient (Wildman–Crippen LogP) is 1.30. The molecule has 0 fully saturated rings. The van der Waals surface area contributed by atoms with Crippen LogP contribution in [0.15, 0.2) is 18.3 Å². The molecule has 0 atom stereocenters. The number of hydrogen-bond acceptors (Lipinski definition) is 4. The number of nitrogens with zero attached hydrogens (tertiary/aromatic N) is 1. The maximum absolute atomic E-state index is 11.6. The number of aryl methyl sites for hydroxylation is 1. The fraction of sp³-hybridized carbons (Fsp3) is 0.583. The Hall–Kier alpha value is -0.940. The second-order valence-electron chi connectivity index (χ2n) is 4.36. The van der Waals surface area contributed by atoms with Crippen LogP contribution in [0.5, 0.6) is 0 Å². The van der Waals surface area contributed by atoms with Gasteiger partial charge < -0.3 is 5.32 Å². The van der Waals surface area contributed by atoms with Gasteiger partial charge in [-0.1, -0.05) is 6.07 Å². The molecule has 1 aromatic heterocycles. The Kier molecular flexibility index (Phi) is 5.08. The standard InChI is InChI=1S/C12H20N2O2S/c1-10(2)17(15,16)8-7-13-9-12-11(3)5-4-6-14-12/h4-6,10,13H,7-9H2,1-3H3. The van der Waals surface area contributed by atoms with E-state index >= 15 is 0 Å². The van der Waals surface area contributed by atoms with Crippen LogP contribution < -0.4 is 5.32 Å². The number of pyridine rings is 1. The van der Waals surface area contributed by atoms with Gasteiger partial charge in [0, 0.05) is 19.3 Å². The van der Waals surface area contributed by atoms with Crippen LogP contribution >= 0.6 is 0 Å². The summed E-state index contributed by atoms with van der Waals surface area (Å²) in [5, 5.41) is 2.81. The van der Waals surface area contributed by atoms with E-state index in [0.29, 0.717) is 13.1 Å². The van der Waals surface area contributed by atoms with Crippen LogP contribution in [0, 0.1) is 6.92 Å². The topological polar surface area (TPSA) is 59.1 Å². The molecule has 0 saturated carbocycles. The molecule has 17 heavy (non-hydrogen) atoms. The zero-order valence-electron chi connectivity index (χ0n) is 10.6. The van der Waals surface area contributed by atoms with E-state index in [1.54, 1.807) is 20.0 Å². The normalized spacial score (nSPS) is 12.0. The third-order valence-electron chi connectivity index (χ3n) is 2.69. The van der Waals surface area contributed by atoms with Crippen LogP contribution in [-0.2, 0) is 16.4 Å². The zero-order valence-corrected chi connectivity index (χ0v) is 11.4. The Morgan fingerprint density at radius 3 is 2.71 bits per heavy atom. The minimum absolute atomic E-state index is 0.177. The maximum atomic E-state index is 11.6. The Balaban J connectivity index is 2.38. The van der Waals surface area contributed by atoms with E-state index < -0.39 is 9.84 Å². The van der Waals surface area contributed by atoms with Gasteiger partial charge in [0.15, 0.2) is 9.84 Å². The lowest BCUT2D eigenvalue weighted by Crippen LogP contribution is -2.27. The molecule has 1 heterocycles. The molecule has 0 radical (unpaired) electrons. The second-order valence-corrected chi connectivity index (χ2v) is 7.04. The van der Waals surface area contributed by atoms with Crippen molar-refractivity contribution in [3.05, 3.63) is 29.6 Å². The van der Waals surface area contributed by atoms with Crippen molar-refractivity contribution in [2.45, 2.75) is 32.6 Å². The van der Waals surface area contributed by atoms with Gasteiger partial charge in [0.25, 0.3) is 0 Å². The maximum Gasteiger partial charge on any atom is 0.153 e. The molecule has 0 spiro atoms. The van der Waals surface area contributed by atoms with Crippen molar-refractivity contribution in [3.8, 4) is 0 Å². The number of aromatic nitrogens is 1. The lowest BCUT2D eigenvalue weighted by molar-refractivity contribution is 0.581. The van der Waals surface area contributed by atoms with Crippen molar-refractivity contribution in [1.82, 2.24) is 10.3 Å². The zero-order chi connectivity index (χ0) is 12.9. The summed E-state index contributed by atoms with van der Waals surface area (Å²) in [6, 6.07) is 3.89. The lowest BCUT2D eigenvalue weighted by Gasteiger charge is -2.09. The summed E-state index contributed by atoms with van der Waals surface area (Å²) in [6.07, 6.45) is 1.74. The van der Waals surface area contributed by atoms with Crippen LogP contribution in [0.2, 0.25) is 0 Å². The first kappa shape index (κ1) is 14.1. The monoisotopic (exact) mass is 256 g/mol. The third-order valence-corrected chi connectivity index (χ3v) is 4.90. The molecule has 0 aliphatic heterocycles. The van der Waals surface area contributed by atoms with Gasteiger partial charge in [-0.15, -0.1) is 0 Å². The predicted molar refractivity (Wildman–Crippen MR) is 69.6 cm³/mol. The minimum atomic E-state index is -2.95. The van der Waals surface area contributed by atoms with Crippen molar-refractivity contribution >= 4 is 9.84 Å². The van der Waals surface area contributed by atoms with E-state index in [-0.39, 0.29) is 11.0 Å². The van der Waals surface area contributed by atoms with Gasteiger partial charge in [0.1, 0.15) is 0 Å². The smallest absolute Gasteiger partial charge is 0.153 e. The number of hydrogen-bond donors (Lipinski definition) is 1. The van der Waals surface area contributed by atoms with Gasteiger partial charge in [-0.25, -0.2) is 8.42 Å². The molecule has 0 unspecified atom stereocenters.